The van der Waals surface area contributed by atoms with Crippen molar-refractivity contribution in [1.82, 2.24) is 0 Å². The summed E-state index contributed by atoms with van der Waals surface area (Å²) in [4.78, 5) is 12.1. The van der Waals surface area contributed by atoms with E-state index >= 15 is 0 Å². The minimum Gasteiger partial charge on any atom is -0.399 e. The largest absolute Gasteiger partial charge is 0.399 e. The summed E-state index contributed by atoms with van der Waals surface area (Å²) in [5.41, 5.74) is 13.2. The van der Waals surface area contributed by atoms with Crippen LogP contribution in [0.2, 0.25) is 5.02 Å². The van der Waals surface area contributed by atoms with Gasteiger partial charge in [0, 0.05) is 17.1 Å². The van der Waals surface area contributed by atoms with Gasteiger partial charge < -0.3 is 16.8 Å². The number of hydrogen-bond acceptors (Lipinski definition) is 4. The van der Waals surface area contributed by atoms with Gasteiger partial charge in [0.1, 0.15) is 6.07 Å². The van der Waals surface area contributed by atoms with Crippen molar-refractivity contribution in [2.75, 3.05) is 16.8 Å². The molecule has 5 nitrogen and oxygen atoms in total. The standard InChI is InChI=1S/C14H11ClN4O/c15-12-6-10(3-1-8(12)7-16)19-14(20)11-4-2-9(17)5-13(11)18/h1-6H,17-18H2,(H,19,20). The lowest BCUT2D eigenvalue weighted by atomic mass is 10.1. The number of nitrogen functional groups attached to an aromatic ring is 2. The lowest BCUT2D eigenvalue weighted by Gasteiger charge is -2.08. The number of nitrogens with two attached hydrogens (primary N) is 2. The van der Waals surface area contributed by atoms with Crippen molar-refractivity contribution in [3.63, 3.8) is 0 Å². The van der Waals surface area contributed by atoms with Gasteiger partial charge in [0.2, 0.25) is 0 Å². The van der Waals surface area contributed by atoms with E-state index in [-0.39, 0.29) is 10.9 Å². The van der Waals surface area contributed by atoms with E-state index in [2.05, 4.69) is 5.32 Å². The number of carbonyl (C=O) groups excluding carboxylic acids is 1. The molecule has 6 heteroatoms. The Bertz CT molecular complexity index is 722. The number of hydrogen-bond donors (Lipinski definition) is 3. The summed E-state index contributed by atoms with van der Waals surface area (Å²) in [6.07, 6.45) is 0. The lowest BCUT2D eigenvalue weighted by molar-refractivity contribution is 0.102. The fraction of sp³-hybridized carbons (Fsp3) is 0. The van der Waals surface area contributed by atoms with E-state index in [0.29, 0.717) is 28.2 Å². The first kappa shape index (κ1) is 13.7. The summed E-state index contributed by atoms with van der Waals surface area (Å²) in [6, 6.07) is 11.2. The van der Waals surface area contributed by atoms with E-state index in [9.17, 15) is 4.79 Å². The summed E-state index contributed by atoms with van der Waals surface area (Å²) in [5, 5.41) is 11.7. The molecule has 0 aliphatic rings. The van der Waals surface area contributed by atoms with Gasteiger partial charge in [-0.2, -0.15) is 5.26 Å². The summed E-state index contributed by atoms with van der Waals surface area (Å²) in [6.45, 7) is 0. The molecular weight excluding hydrogens is 276 g/mol. The van der Waals surface area contributed by atoms with E-state index < -0.39 is 0 Å². The van der Waals surface area contributed by atoms with E-state index in [4.69, 9.17) is 28.3 Å². The SMILES string of the molecule is N#Cc1ccc(NC(=O)c2ccc(N)cc2N)cc1Cl. The first-order valence-corrected chi connectivity index (χ1v) is 6.05. The third-order valence-corrected chi connectivity index (χ3v) is 2.98. The van der Waals surface area contributed by atoms with Crippen LogP contribution in [0.3, 0.4) is 0 Å². The normalized spacial score (nSPS) is 9.80. The zero-order valence-electron chi connectivity index (χ0n) is 10.4. The van der Waals surface area contributed by atoms with Crippen LogP contribution in [0.5, 0.6) is 0 Å². The van der Waals surface area contributed by atoms with Crippen LogP contribution in [-0.2, 0) is 0 Å². The Balaban J connectivity index is 2.24. The first-order valence-electron chi connectivity index (χ1n) is 5.67. The molecule has 5 N–H and O–H groups in total. The van der Waals surface area contributed by atoms with Crippen molar-refractivity contribution in [2.45, 2.75) is 0 Å². The van der Waals surface area contributed by atoms with Gasteiger partial charge in [-0.05, 0) is 36.4 Å². The zero-order chi connectivity index (χ0) is 14.7. The summed E-state index contributed by atoms with van der Waals surface area (Å²) >= 11 is 5.90. The van der Waals surface area contributed by atoms with E-state index in [1.165, 1.54) is 18.2 Å². The van der Waals surface area contributed by atoms with Crippen LogP contribution >= 0.6 is 11.6 Å². The molecule has 0 radical (unpaired) electrons. The van der Waals surface area contributed by atoms with Crippen LogP contribution < -0.4 is 16.8 Å². The second-order valence-corrected chi connectivity index (χ2v) is 4.51. The van der Waals surface area contributed by atoms with Crippen molar-refractivity contribution in [3.8, 4) is 6.07 Å². The van der Waals surface area contributed by atoms with Crippen LogP contribution in [-0.4, -0.2) is 5.91 Å². The smallest absolute Gasteiger partial charge is 0.257 e. The Kier molecular flexibility index (Phi) is 3.78. The quantitative estimate of drug-likeness (QED) is 0.738. The zero-order valence-corrected chi connectivity index (χ0v) is 11.1. The summed E-state index contributed by atoms with van der Waals surface area (Å²) in [7, 11) is 0. The Morgan fingerprint density at radius 1 is 1.20 bits per heavy atom. The predicted octanol–water partition coefficient (Wildman–Crippen LogP) is 2.63. The number of anilines is 3. The van der Waals surface area contributed by atoms with Gasteiger partial charge in [0.05, 0.1) is 16.1 Å². The molecule has 0 unspecified atom stereocenters. The second-order valence-electron chi connectivity index (χ2n) is 4.11. The fourth-order valence-electron chi connectivity index (χ4n) is 1.67. The predicted molar refractivity (Wildman–Crippen MR) is 79.4 cm³/mol. The van der Waals surface area contributed by atoms with Crippen LogP contribution in [0, 0.1) is 11.3 Å². The molecule has 0 saturated carbocycles. The molecule has 2 aromatic carbocycles. The van der Waals surface area contributed by atoms with Crippen LogP contribution in [0.15, 0.2) is 36.4 Å². The first-order chi connectivity index (χ1) is 9.51. The number of nitriles is 1. The number of carbonyl (C=O) groups is 1. The van der Waals surface area contributed by atoms with Gasteiger partial charge in [-0.1, -0.05) is 11.6 Å². The Labute approximate surface area is 120 Å². The highest BCUT2D eigenvalue weighted by molar-refractivity contribution is 6.32. The lowest BCUT2D eigenvalue weighted by Crippen LogP contribution is -2.14. The Hall–Kier alpha value is -2.71. The molecule has 100 valence electrons. The number of halogens is 1. The molecular formula is C14H11ClN4O. The number of nitrogens with one attached hydrogen (secondary N) is 1. The molecule has 0 aliphatic carbocycles. The maximum Gasteiger partial charge on any atom is 0.257 e. The fourth-order valence-corrected chi connectivity index (χ4v) is 1.89. The highest BCUT2D eigenvalue weighted by Gasteiger charge is 2.11. The highest BCUT2D eigenvalue weighted by Crippen LogP contribution is 2.22. The van der Waals surface area contributed by atoms with Gasteiger partial charge in [-0.3, -0.25) is 4.79 Å². The van der Waals surface area contributed by atoms with E-state index in [1.807, 2.05) is 6.07 Å². The van der Waals surface area contributed by atoms with E-state index in [0.717, 1.165) is 0 Å². The molecule has 0 aromatic heterocycles. The van der Waals surface area contributed by atoms with Crippen molar-refractivity contribution >= 4 is 34.6 Å². The minimum absolute atomic E-state index is 0.274. The molecule has 0 spiro atoms. The maximum absolute atomic E-state index is 12.1. The monoisotopic (exact) mass is 286 g/mol. The van der Waals surface area contributed by atoms with Gasteiger partial charge in [-0.15, -0.1) is 0 Å². The molecule has 0 heterocycles. The van der Waals surface area contributed by atoms with Gasteiger partial charge in [0.25, 0.3) is 5.91 Å². The Morgan fingerprint density at radius 2 is 1.95 bits per heavy atom. The van der Waals surface area contributed by atoms with Gasteiger partial charge >= 0.3 is 0 Å². The van der Waals surface area contributed by atoms with Crippen molar-refractivity contribution < 1.29 is 4.79 Å². The Morgan fingerprint density at radius 3 is 2.55 bits per heavy atom. The topological polar surface area (TPSA) is 105 Å². The molecule has 0 bridgehead atoms. The number of rotatable bonds is 2. The highest BCUT2D eigenvalue weighted by atomic mass is 35.5. The van der Waals surface area contributed by atoms with Crippen molar-refractivity contribution in [3.05, 3.63) is 52.5 Å². The maximum atomic E-state index is 12.1. The molecule has 2 aromatic rings. The third-order valence-electron chi connectivity index (χ3n) is 2.67. The van der Waals surface area contributed by atoms with E-state index in [1.54, 1.807) is 18.2 Å². The third kappa shape index (κ3) is 2.82. The molecule has 0 fully saturated rings. The molecule has 2 rings (SSSR count). The molecule has 0 saturated heterocycles. The molecule has 0 aliphatic heterocycles. The number of amides is 1. The minimum atomic E-state index is -0.372. The van der Waals surface area contributed by atoms with Crippen molar-refractivity contribution in [2.24, 2.45) is 0 Å². The molecule has 1 amide bonds. The summed E-state index contributed by atoms with van der Waals surface area (Å²) in [5.74, 6) is -0.372. The summed E-state index contributed by atoms with van der Waals surface area (Å²) < 4.78 is 0. The van der Waals surface area contributed by atoms with Crippen LogP contribution in [0.25, 0.3) is 0 Å². The van der Waals surface area contributed by atoms with Crippen LogP contribution in [0.1, 0.15) is 15.9 Å². The molecule has 20 heavy (non-hydrogen) atoms. The molecule has 0 atom stereocenters. The average molecular weight is 287 g/mol. The van der Waals surface area contributed by atoms with Gasteiger partial charge in [0.15, 0.2) is 0 Å². The average Bonchev–Trinajstić information content (AvgIpc) is 2.38. The van der Waals surface area contributed by atoms with Gasteiger partial charge in [-0.25, -0.2) is 0 Å². The number of nitrogens with zero attached hydrogens (tertiary/aromatic N) is 1. The van der Waals surface area contributed by atoms with Crippen LogP contribution in [0.4, 0.5) is 17.1 Å². The second kappa shape index (κ2) is 5.51. The van der Waals surface area contributed by atoms with Crippen molar-refractivity contribution in [1.29, 1.82) is 5.26 Å². The number of benzene rings is 2.